The maximum atomic E-state index is 6.09. The van der Waals surface area contributed by atoms with Crippen molar-refractivity contribution in [3.05, 3.63) is 34.9 Å². The van der Waals surface area contributed by atoms with Gasteiger partial charge in [0.15, 0.2) is 0 Å². The first-order valence-corrected chi connectivity index (χ1v) is 9.37. The first-order valence-electron chi connectivity index (χ1n) is 9.00. The summed E-state index contributed by atoms with van der Waals surface area (Å²) >= 11 is 6.09. The second-order valence-electron chi connectivity index (χ2n) is 8.25. The number of halogens is 1. The van der Waals surface area contributed by atoms with Crippen LogP contribution in [0.1, 0.15) is 63.9 Å². The molecule has 122 valence electrons. The summed E-state index contributed by atoms with van der Waals surface area (Å²) in [6.45, 7) is 7.32. The number of piperidine rings is 1. The summed E-state index contributed by atoms with van der Waals surface area (Å²) < 4.78 is 0. The molecule has 1 aromatic rings. The SMILES string of the molecule is CC1(C)CC[C@@H](CC2CCNCC2)[C@H](c2ccc(Cl)cc2)C1. The summed E-state index contributed by atoms with van der Waals surface area (Å²) in [5.41, 5.74) is 1.99. The van der Waals surface area contributed by atoms with E-state index >= 15 is 0 Å². The molecule has 0 bridgehead atoms. The summed E-state index contributed by atoms with van der Waals surface area (Å²) in [5.74, 6) is 2.51. The van der Waals surface area contributed by atoms with Crippen molar-refractivity contribution < 1.29 is 0 Å². The number of hydrogen-bond donors (Lipinski definition) is 1. The van der Waals surface area contributed by atoms with E-state index in [0.29, 0.717) is 5.41 Å². The Kier molecular flexibility index (Phi) is 5.14. The monoisotopic (exact) mass is 319 g/mol. The Balaban J connectivity index is 1.75. The lowest BCUT2D eigenvalue weighted by atomic mass is 9.63. The lowest BCUT2D eigenvalue weighted by molar-refractivity contribution is 0.135. The van der Waals surface area contributed by atoms with Crippen LogP contribution in [0.2, 0.25) is 5.02 Å². The summed E-state index contributed by atoms with van der Waals surface area (Å²) in [4.78, 5) is 0. The van der Waals surface area contributed by atoms with Crippen molar-refractivity contribution in [2.45, 2.75) is 58.3 Å². The molecule has 1 saturated heterocycles. The molecule has 0 aromatic heterocycles. The van der Waals surface area contributed by atoms with E-state index in [0.717, 1.165) is 22.8 Å². The largest absolute Gasteiger partial charge is 0.317 e. The first-order chi connectivity index (χ1) is 10.5. The first kappa shape index (κ1) is 16.3. The average Bonchev–Trinajstić information content (AvgIpc) is 2.51. The zero-order chi connectivity index (χ0) is 15.6. The van der Waals surface area contributed by atoms with Crippen LogP contribution in [-0.2, 0) is 0 Å². The molecule has 1 aliphatic carbocycles. The van der Waals surface area contributed by atoms with E-state index in [1.807, 2.05) is 0 Å². The molecule has 0 amide bonds. The smallest absolute Gasteiger partial charge is 0.0406 e. The molecule has 0 unspecified atom stereocenters. The van der Waals surface area contributed by atoms with Gasteiger partial charge in [-0.2, -0.15) is 0 Å². The van der Waals surface area contributed by atoms with Gasteiger partial charge in [0.1, 0.15) is 0 Å². The molecule has 1 aromatic carbocycles. The van der Waals surface area contributed by atoms with Crippen LogP contribution >= 0.6 is 11.6 Å². The second-order valence-corrected chi connectivity index (χ2v) is 8.69. The van der Waals surface area contributed by atoms with E-state index in [9.17, 15) is 0 Å². The van der Waals surface area contributed by atoms with Crippen LogP contribution in [0.25, 0.3) is 0 Å². The molecule has 2 heteroatoms. The Morgan fingerprint density at radius 3 is 2.45 bits per heavy atom. The lowest BCUT2D eigenvalue weighted by Gasteiger charge is -2.43. The molecule has 2 aliphatic rings. The fraction of sp³-hybridized carbons (Fsp3) is 0.700. The highest BCUT2D eigenvalue weighted by molar-refractivity contribution is 6.30. The normalized spacial score (nSPS) is 29.4. The van der Waals surface area contributed by atoms with Crippen molar-refractivity contribution in [3.63, 3.8) is 0 Å². The van der Waals surface area contributed by atoms with Crippen LogP contribution in [0.5, 0.6) is 0 Å². The predicted molar refractivity (Wildman–Crippen MR) is 95.5 cm³/mol. The fourth-order valence-electron chi connectivity index (χ4n) is 4.57. The molecule has 2 fully saturated rings. The molecule has 3 rings (SSSR count). The highest BCUT2D eigenvalue weighted by atomic mass is 35.5. The van der Waals surface area contributed by atoms with Crippen molar-refractivity contribution in [2.75, 3.05) is 13.1 Å². The minimum Gasteiger partial charge on any atom is -0.317 e. The van der Waals surface area contributed by atoms with E-state index in [1.165, 1.54) is 57.2 Å². The number of hydrogen-bond acceptors (Lipinski definition) is 1. The van der Waals surface area contributed by atoms with Gasteiger partial charge in [-0.05, 0) is 92.5 Å². The minimum atomic E-state index is 0.481. The Morgan fingerprint density at radius 2 is 1.77 bits per heavy atom. The molecule has 2 atom stereocenters. The summed E-state index contributed by atoms with van der Waals surface area (Å²) in [5, 5.41) is 4.35. The van der Waals surface area contributed by atoms with Gasteiger partial charge in [-0.15, -0.1) is 0 Å². The Hall–Kier alpha value is -0.530. The second kappa shape index (κ2) is 6.93. The highest BCUT2D eigenvalue weighted by Gasteiger charge is 2.36. The molecule has 1 saturated carbocycles. The summed E-state index contributed by atoms with van der Waals surface area (Å²) in [7, 11) is 0. The maximum Gasteiger partial charge on any atom is 0.0406 e. The molecule has 1 N–H and O–H groups in total. The van der Waals surface area contributed by atoms with Crippen molar-refractivity contribution in [1.29, 1.82) is 0 Å². The van der Waals surface area contributed by atoms with Gasteiger partial charge in [0, 0.05) is 5.02 Å². The van der Waals surface area contributed by atoms with Crippen LogP contribution in [0.15, 0.2) is 24.3 Å². The number of benzene rings is 1. The van der Waals surface area contributed by atoms with E-state index in [2.05, 4.69) is 43.4 Å². The van der Waals surface area contributed by atoms with E-state index < -0.39 is 0 Å². The average molecular weight is 320 g/mol. The quantitative estimate of drug-likeness (QED) is 0.760. The van der Waals surface area contributed by atoms with Gasteiger partial charge >= 0.3 is 0 Å². The molecule has 1 aliphatic heterocycles. The van der Waals surface area contributed by atoms with Crippen molar-refractivity contribution in [1.82, 2.24) is 5.32 Å². The molecule has 1 nitrogen and oxygen atoms in total. The third-order valence-corrected chi connectivity index (χ3v) is 6.18. The molecular weight excluding hydrogens is 290 g/mol. The highest BCUT2D eigenvalue weighted by Crippen LogP contribution is 2.49. The molecule has 0 spiro atoms. The zero-order valence-corrected chi connectivity index (χ0v) is 14.8. The zero-order valence-electron chi connectivity index (χ0n) is 14.1. The summed E-state index contributed by atoms with van der Waals surface area (Å²) in [6.07, 6.45) is 8.26. The summed E-state index contributed by atoms with van der Waals surface area (Å²) in [6, 6.07) is 8.67. The van der Waals surface area contributed by atoms with Crippen LogP contribution < -0.4 is 5.32 Å². The molecule has 22 heavy (non-hydrogen) atoms. The van der Waals surface area contributed by atoms with Gasteiger partial charge in [-0.1, -0.05) is 37.6 Å². The van der Waals surface area contributed by atoms with E-state index in [1.54, 1.807) is 0 Å². The van der Waals surface area contributed by atoms with Crippen molar-refractivity contribution in [2.24, 2.45) is 17.3 Å². The third kappa shape index (κ3) is 4.06. The third-order valence-electron chi connectivity index (χ3n) is 5.93. The number of rotatable bonds is 3. The van der Waals surface area contributed by atoms with Crippen LogP contribution in [-0.4, -0.2) is 13.1 Å². The molecule has 1 heterocycles. The maximum absolute atomic E-state index is 6.09. The van der Waals surface area contributed by atoms with E-state index in [4.69, 9.17) is 11.6 Å². The fourth-order valence-corrected chi connectivity index (χ4v) is 4.70. The van der Waals surface area contributed by atoms with Gasteiger partial charge in [0.05, 0.1) is 0 Å². The van der Waals surface area contributed by atoms with E-state index in [-0.39, 0.29) is 0 Å². The Morgan fingerprint density at radius 1 is 1.09 bits per heavy atom. The topological polar surface area (TPSA) is 12.0 Å². The number of nitrogens with one attached hydrogen (secondary N) is 1. The predicted octanol–water partition coefficient (Wildman–Crippen LogP) is 5.64. The van der Waals surface area contributed by atoms with Gasteiger partial charge in [0.25, 0.3) is 0 Å². The van der Waals surface area contributed by atoms with Crippen molar-refractivity contribution >= 4 is 11.6 Å². The minimum absolute atomic E-state index is 0.481. The molecular formula is C20H30ClN. The molecule has 0 radical (unpaired) electrons. The standard InChI is InChI=1S/C20H30ClN/c1-20(2)10-7-17(13-15-8-11-22-12-9-15)19(14-20)16-3-5-18(21)6-4-16/h3-6,15,17,19,22H,7-14H2,1-2H3/t17-,19-/m0/s1. The van der Waals surface area contributed by atoms with Crippen LogP contribution in [0, 0.1) is 17.3 Å². The van der Waals surface area contributed by atoms with Crippen LogP contribution in [0.3, 0.4) is 0 Å². The lowest BCUT2D eigenvalue weighted by Crippen LogP contribution is -2.33. The van der Waals surface area contributed by atoms with Crippen LogP contribution in [0.4, 0.5) is 0 Å². The van der Waals surface area contributed by atoms with Gasteiger partial charge in [-0.25, -0.2) is 0 Å². The Bertz CT molecular complexity index is 473. The van der Waals surface area contributed by atoms with Gasteiger partial charge in [-0.3, -0.25) is 0 Å². The van der Waals surface area contributed by atoms with Crippen molar-refractivity contribution in [3.8, 4) is 0 Å². The van der Waals surface area contributed by atoms with Gasteiger partial charge < -0.3 is 5.32 Å². The Labute approximate surface area is 140 Å². The van der Waals surface area contributed by atoms with Gasteiger partial charge in [0.2, 0.25) is 0 Å².